The van der Waals surface area contributed by atoms with Crippen molar-refractivity contribution in [1.29, 1.82) is 0 Å². The average Bonchev–Trinajstić information content (AvgIpc) is 2.80. The maximum Gasteiger partial charge on any atom is 0.124 e. The molecule has 0 unspecified atom stereocenters. The van der Waals surface area contributed by atoms with Crippen LogP contribution in [0.5, 0.6) is 0 Å². The molecule has 1 aliphatic carbocycles. The predicted octanol–water partition coefficient (Wildman–Crippen LogP) is 3.51. The van der Waals surface area contributed by atoms with Crippen molar-refractivity contribution in [3.63, 3.8) is 0 Å². The van der Waals surface area contributed by atoms with Gasteiger partial charge >= 0.3 is 0 Å². The van der Waals surface area contributed by atoms with Gasteiger partial charge in [0.15, 0.2) is 0 Å². The van der Waals surface area contributed by atoms with E-state index in [1.54, 1.807) is 0 Å². The third kappa shape index (κ3) is 2.16. The summed E-state index contributed by atoms with van der Waals surface area (Å²) in [5.41, 5.74) is 2.60. The smallest absolute Gasteiger partial charge is 0.124 e. The molecule has 0 bridgehead atoms. The van der Waals surface area contributed by atoms with Gasteiger partial charge in [0.05, 0.1) is 5.02 Å². The molecule has 1 aromatic rings. The highest BCUT2D eigenvalue weighted by molar-refractivity contribution is 9.10. The summed E-state index contributed by atoms with van der Waals surface area (Å²) < 4.78 is 0.723. The van der Waals surface area contributed by atoms with Gasteiger partial charge in [0.2, 0.25) is 0 Å². The predicted molar refractivity (Wildman–Crippen MR) is 74.0 cm³/mol. The number of nitrogens with one attached hydrogen (secondary N) is 1. The third-order valence-corrected chi connectivity index (χ3v) is 4.92. The van der Waals surface area contributed by atoms with Crippen LogP contribution in [0.1, 0.15) is 18.4 Å². The normalized spacial score (nSPS) is 27.8. The summed E-state index contributed by atoms with van der Waals surface area (Å²) >= 11 is 9.46. The molecule has 0 spiro atoms. The van der Waals surface area contributed by atoms with Crippen LogP contribution in [0.25, 0.3) is 5.57 Å². The minimum absolute atomic E-state index is 0.641. The lowest BCUT2D eigenvalue weighted by Gasteiger charge is -2.26. The van der Waals surface area contributed by atoms with E-state index in [1.807, 2.05) is 12.3 Å². The maximum absolute atomic E-state index is 6.12. The Morgan fingerprint density at radius 1 is 1.41 bits per heavy atom. The molecule has 0 amide bonds. The molecule has 0 saturated carbocycles. The van der Waals surface area contributed by atoms with Gasteiger partial charge in [-0.25, -0.2) is 4.98 Å². The monoisotopic (exact) mass is 312 g/mol. The van der Waals surface area contributed by atoms with Gasteiger partial charge in [0.1, 0.15) is 4.60 Å². The van der Waals surface area contributed by atoms with Crippen molar-refractivity contribution in [2.45, 2.75) is 12.8 Å². The van der Waals surface area contributed by atoms with Gasteiger partial charge in [0.25, 0.3) is 0 Å². The SMILES string of the molecule is Clc1cc(C2=CCC[C@@H]3CNC[C@H]23)cnc1Br. The molecule has 17 heavy (non-hydrogen) atoms. The van der Waals surface area contributed by atoms with E-state index in [2.05, 4.69) is 32.3 Å². The average molecular weight is 314 g/mol. The summed E-state index contributed by atoms with van der Waals surface area (Å²) in [6.07, 6.45) is 6.75. The summed E-state index contributed by atoms with van der Waals surface area (Å²) in [6.45, 7) is 2.24. The Morgan fingerprint density at radius 3 is 3.12 bits per heavy atom. The molecule has 90 valence electrons. The molecule has 1 aliphatic heterocycles. The van der Waals surface area contributed by atoms with E-state index < -0.39 is 0 Å². The number of rotatable bonds is 1. The fourth-order valence-electron chi connectivity index (χ4n) is 2.92. The van der Waals surface area contributed by atoms with E-state index in [0.717, 1.165) is 23.6 Å². The standard InChI is InChI=1S/C13H14BrClN2/c14-13-12(15)4-9(6-17-13)10-3-1-2-8-5-16-7-11(8)10/h3-4,6,8,11,16H,1-2,5,7H2/t8-,11+/m1/s1. The Bertz CT molecular complexity index is 472. The number of aromatic nitrogens is 1. The first-order valence-electron chi connectivity index (χ1n) is 5.98. The molecular formula is C13H14BrClN2. The second kappa shape index (κ2) is 4.71. The van der Waals surface area contributed by atoms with Crippen molar-refractivity contribution in [2.24, 2.45) is 11.8 Å². The zero-order chi connectivity index (χ0) is 11.8. The second-order valence-corrected chi connectivity index (χ2v) is 5.92. The molecule has 0 aromatic carbocycles. The zero-order valence-corrected chi connectivity index (χ0v) is 11.8. The summed E-state index contributed by atoms with van der Waals surface area (Å²) in [4.78, 5) is 4.29. The number of fused-ring (bicyclic) bond motifs is 1. The van der Waals surface area contributed by atoms with Crippen molar-refractivity contribution < 1.29 is 0 Å². The van der Waals surface area contributed by atoms with Crippen molar-refractivity contribution in [3.05, 3.63) is 33.5 Å². The summed E-state index contributed by atoms with van der Waals surface area (Å²) in [6, 6.07) is 2.02. The van der Waals surface area contributed by atoms with Crippen LogP contribution in [0.4, 0.5) is 0 Å². The summed E-state index contributed by atoms with van der Waals surface area (Å²) in [5.74, 6) is 1.43. The molecule has 1 aromatic heterocycles. The maximum atomic E-state index is 6.12. The van der Waals surface area contributed by atoms with Crippen molar-refractivity contribution in [2.75, 3.05) is 13.1 Å². The van der Waals surface area contributed by atoms with Crippen LogP contribution in [0.2, 0.25) is 5.02 Å². The van der Waals surface area contributed by atoms with Gasteiger partial charge < -0.3 is 5.32 Å². The van der Waals surface area contributed by atoms with Crippen LogP contribution in [0.15, 0.2) is 22.9 Å². The molecule has 4 heteroatoms. The van der Waals surface area contributed by atoms with E-state index in [9.17, 15) is 0 Å². The highest BCUT2D eigenvalue weighted by Gasteiger charge is 2.32. The minimum atomic E-state index is 0.641. The Balaban J connectivity index is 1.97. The van der Waals surface area contributed by atoms with Crippen molar-refractivity contribution in [1.82, 2.24) is 10.3 Å². The molecule has 2 atom stereocenters. The number of hydrogen-bond donors (Lipinski definition) is 1. The first-order valence-corrected chi connectivity index (χ1v) is 7.15. The highest BCUT2D eigenvalue weighted by atomic mass is 79.9. The lowest BCUT2D eigenvalue weighted by atomic mass is 9.78. The van der Waals surface area contributed by atoms with Gasteiger partial charge in [-0.05, 0) is 58.4 Å². The van der Waals surface area contributed by atoms with Crippen LogP contribution < -0.4 is 5.32 Å². The van der Waals surface area contributed by atoms with Crippen LogP contribution in [0, 0.1) is 11.8 Å². The Labute approximate surface area is 115 Å². The molecule has 0 radical (unpaired) electrons. The van der Waals surface area contributed by atoms with Crippen LogP contribution in [0.3, 0.4) is 0 Å². The molecule has 2 nitrogen and oxygen atoms in total. The Hall–Kier alpha value is -0.380. The fraction of sp³-hybridized carbons (Fsp3) is 0.462. The van der Waals surface area contributed by atoms with Crippen molar-refractivity contribution >= 4 is 33.1 Å². The third-order valence-electron chi connectivity index (χ3n) is 3.77. The molecule has 1 saturated heterocycles. The van der Waals surface area contributed by atoms with Crippen LogP contribution in [-0.2, 0) is 0 Å². The van der Waals surface area contributed by atoms with Gasteiger partial charge in [-0.15, -0.1) is 0 Å². The molecule has 1 N–H and O–H groups in total. The number of nitrogens with zero attached hydrogens (tertiary/aromatic N) is 1. The number of hydrogen-bond acceptors (Lipinski definition) is 2. The van der Waals surface area contributed by atoms with E-state index in [0.29, 0.717) is 10.9 Å². The molecule has 1 fully saturated rings. The first kappa shape index (κ1) is 11.7. The number of halogens is 2. The number of allylic oxidation sites excluding steroid dienone is 1. The fourth-order valence-corrected chi connectivity index (χ4v) is 3.30. The topological polar surface area (TPSA) is 24.9 Å². The summed E-state index contributed by atoms with van der Waals surface area (Å²) in [7, 11) is 0. The minimum Gasteiger partial charge on any atom is -0.316 e. The van der Waals surface area contributed by atoms with Gasteiger partial charge in [-0.2, -0.15) is 0 Å². The quantitative estimate of drug-likeness (QED) is 0.803. The van der Waals surface area contributed by atoms with Gasteiger partial charge in [-0.3, -0.25) is 0 Å². The van der Waals surface area contributed by atoms with E-state index in [1.165, 1.54) is 24.0 Å². The van der Waals surface area contributed by atoms with Crippen molar-refractivity contribution in [3.8, 4) is 0 Å². The van der Waals surface area contributed by atoms with Gasteiger partial charge in [-0.1, -0.05) is 17.7 Å². The van der Waals surface area contributed by atoms with E-state index >= 15 is 0 Å². The molecule has 2 aliphatic rings. The first-order chi connectivity index (χ1) is 8.25. The molecule has 2 heterocycles. The van der Waals surface area contributed by atoms with Crippen LogP contribution in [-0.4, -0.2) is 18.1 Å². The lowest BCUT2D eigenvalue weighted by Crippen LogP contribution is -2.17. The molecule has 3 rings (SSSR count). The Kier molecular flexibility index (Phi) is 3.24. The highest BCUT2D eigenvalue weighted by Crippen LogP contribution is 2.39. The lowest BCUT2D eigenvalue weighted by molar-refractivity contribution is 0.454. The zero-order valence-electron chi connectivity index (χ0n) is 9.42. The second-order valence-electron chi connectivity index (χ2n) is 4.76. The molecular weight excluding hydrogens is 300 g/mol. The van der Waals surface area contributed by atoms with E-state index in [-0.39, 0.29) is 0 Å². The largest absolute Gasteiger partial charge is 0.316 e. The van der Waals surface area contributed by atoms with Gasteiger partial charge in [0, 0.05) is 18.7 Å². The number of pyridine rings is 1. The van der Waals surface area contributed by atoms with E-state index in [4.69, 9.17) is 11.6 Å². The summed E-state index contributed by atoms with van der Waals surface area (Å²) in [5, 5.41) is 4.18. The van der Waals surface area contributed by atoms with Crippen LogP contribution >= 0.6 is 27.5 Å². The Morgan fingerprint density at radius 2 is 2.29 bits per heavy atom.